The molecule has 2 aromatic carbocycles. The maximum absolute atomic E-state index is 13.4. The van der Waals surface area contributed by atoms with Crippen LogP contribution in [0.2, 0.25) is 0 Å². The fourth-order valence-electron chi connectivity index (χ4n) is 3.37. The fraction of sp³-hybridized carbons (Fsp3) is 0.0400. The third kappa shape index (κ3) is 3.53. The molecule has 0 aliphatic carbocycles. The van der Waals surface area contributed by atoms with Gasteiger partial charge in [0.1, 0.15) is 28.0 Å². The maximum atomic E-state index is 13.4. The molecule has 0 bridgehead atoms. The lowest BCUT2D eigenvalue weighted by Gasteiger charge is -2.11. The lowest BCUT2D eigenvalue weighted by molar-refractivity contribution is 0.461. The number of para-hydroxylation sites is 2. The summed E-state index contributed by atoms with van der Waals surface area (Å²) in [6.07, 6.45) is 3.17. The third-order valence-corrected chi connectivity index (χ3v) is 6.01. The monoisotopic (exact) mass is 436 g/mol. The number of ether oxygens (including phenoxy) is 1. The summed E-state index contributed by atoms with van der Waals surface area (Å²) in [5, 5.41) is 10.4. The van der Waals surface area contributed by atoms with Crippen LogP contribution in [0.25, 0.3) is 27.5 Å². The van der Waals surface area contributed by atoms with E-state index in [2.05, 4.69) is 16.0 Å². The Bertz CT molecular complexity index is 1560. The Balaban J connectivity index is 1.74. The summed E-state index contributed by atoms with van der Waals surface area (Å²) in [6.45, 7) is 1.88. The van der Waals surface area contributed by atoms with Crippen molar-refractivity contribution in [2.24, 2.45) is 0 Å². The van der Waals surface area contributed by atoms with E-state index >= 15 is 0 Å². The van der Waals surface area contributed by atoms with Gasteiger partial charge < -0.3 is 4.74 Å². The molecular formula is C25H16N4O2S. The van der Waals surface area contributed by atoms with Crippen LogP contribution in [0.5, 0.6) is 11.6 Å². The normalized spacial score (nSPS) is 11.6. The van der Waals surface area contributed by atoms with E-state index in [1.165, 1.54) is 21.8 Å². The Kier molecular flexibility index (Phi) is 4.98. The van der Waals surface area contributed by atoms with Crippen LogP contribution in [0.4, 0.5) is 0 Å². The molecule has 0 amide bonds. The van der Waals surface area contributed by atoms with Crippen molar-refractivity contribution in [3.05, 3.63) is 99.4 Å². The van der Waals surface area contributed by atoms with Gasteiger partial charge in [0, 0.05) is 6.20 Å². The van der Waals surface area contributed by atoms with Gasteiger partial charge in [0.2, 0.25) is 5.88 Å². The molecule has 0 saturated carbocycles. The summed E-state index contributed by atoms with van der Waals surface area (Å²) in [6, 6.07) is 22.6. The lowest BCUT2D eigenvalue weighted by atomic mass is 10.2. The molecule has 3 heterocycles. The highest BCUT2D eigenvalue weighted by Gasteiger charge is 2.17. The Morgan fingerprint density at radius 1 is 1.06 bits per heavy atom. The van der Waals surface area contributed by atoms with Crippen molar-refractivity contribution < 1.29 is 4.74 Å². The van der Waals surface area contributed by atoms with Crippen LogP contribution in [0.15, 0.2) is 77.7 Å². The highest BCUT2D eigenvalue weighted by atomic mass is 32.1. The van der Waals surface area contributed by atoms with Gasteiger partial charge in [-0.05, 0) is 48.9 Å². The molecule has 5 rings (SSSR count). The van der Waals surface area contributed by atoms with Crippen LogP contribution in [0.1, 0.15) is 16.1 Å². The van der Waals surface area contributed by atoms with Crippen LogP contribution in [0.3, 0.4) is 0 Å². The van der Waals surface area contributed by atoms with E-state index in [9.17, 15) is 10.1 Å². The number of aryl methyl sites for hydroxylation is 1. The number of thiazole rings is 1. The summed E-state index contributed by atoms with van der Waals surface area (Å²) < 4.78 is 8.43. The smallest absolute Gasteiger partial charge is 0.269 e. The van der Waals surface area contributed by atoms with Gasteiger partial charge in [-0.3, -0.25) is 9.20 Å². The number of allylic oxidation sites excluding steroid dienone is 1. The number of rotatable bonds is 4. The first-order valence-electron chi connectivity index (χ1n) is 9.86. The molecule has 5 aromatic rings. The molecule has 0 aliphatic heterocycles. The molecule has 0 saturated heterocycles. The number of nitrogens with zero attached hydrogens (tertiary/aromatic N) is 4. The standard InChI is InChI=1S/C25H16N4O2S/c1-16-8-7-13-29-22(16)28-23(31-18-9-3-2-4-10-18)19(25(29)30)14-17(15-26)24-27-20-11-5-6-12-21(20)32-24/h2-14H,1H3/b17-14+. The molecule has 0 radical (unpaired) electrons. The van der Waals surface area contributed by atoms with Crippen molar-refractivity contribution in [3.63, 3.8) is 0 Å². The molecule has 154 valence electrons. The molecular weight excluding hydrogens is 420 g/mol. The lowest BCUT2D eigenvalue weighted by Crippen LogP contribution is -2.19. The zero-order chi connectivity index (χ0) is 22.1. The molecule has 0 aliphatic rings. The van der Waals surface area contributed by atoms with Gasteiger partial charge in [0.15, 0.2) is 0 Å². The highest BCUT2D eigenvalue weighted by molar-refractivity contribution is 7.19. The second kappa shape index (κ2) is 8.10. The summed E-state index contributed by atoms with van der Waals surface area (Å²) in [5.41, 5.74) is 2.28. The Morgan fingerprint density at radius 2 is 1.84 bits per heavy atom. The van der Waals surface area contributed by atoms with Gasteiger partial charge in [0.25, 0.3) is 5.56 Å². The van der Waals surface area contributed by atoms with Crippen LogP contribution < -0.4 is 10.3 Å². The average Bonchev–Trinajstić information content (AvgIpc) is 3.24. The van der Waals surface area contributed by atoms with Gasteiger partial charge in [-0.2, -0.15) is 10.2 Å². The molecule has 0 spiro atoms. The minimum atomic E-state index is -0.321. The topological polar surface area (TPSA) is 80.3 Å². The summed E-state index contributed by atoms with van der Waals surface area (Å²) >= 11 is 1.40. The second-order valence-corrected chi connectivity index (χ2v) is 8.12. The van der Waals surface area contributed by atoms with Gasteiger partial charge in [-0.15, -0.1) is 11.3 Å². The van der Waals surface area contributed by atoms with E-state index in [1.807, 2.05) is 55.5 Å². The van der Waals surface area contributed by atoms with E-state index in [0.717, 1.165) is 15.8 Å². The molecule has 7 heteroatoms. The van der Waals surface area contributed by atoms with Gasteiger partial charge in [-0.1, -0.05) is 36.4 Å². The van der Waals surface area contributed by atoms with E-state index in [4.69, 9.17) is 4.74 Å². The first kappa shape index (κ1) is 19.7. The molecule has 32 heavy (non-hydrogen) atoms. The van der Waals surface area contributed by atoms with E-state index in [0.29, 0.717) is 16.4 Å². The predicted molar refractivity (Wildman–Crippen MR) is 126 cm³/mol. The first-order chi connectivity index (χ1) is 15.6. The number of nitriles is 1. The number of pyridine rings is 1. The van der Waals surface area contributed by atoms with Crippen molar-refractivity contribution in [3.8, 4) is 17.7 Å². The number of hydrogen-bond acceptors (Lipinski definition) is 6. The fourth-order valence-corrected chi connectivity index (χ4v) is 4.30. The second-order valence-electron chi connectivity index (χ2n) is 7.09. The largest absolute Gasteiger partial charge is 0.438 e. The first-order valence-corrected chi connectivity index (χ1v) is 10.7. The summed E-state index contributed by atoms with van der Waals surface area (Å²) in [5.74, 6) is 0.690. The Morgan fingerprint density at radius 3 is 2.62 bits per heavy atom. The number of aromatic nitrogens is 3. The quantitative estimate of drug-likeness (QED) is 0.349. The van der Waals surface area contributed by atoms with E-state index in [1.54, 1.807) is 24.4 Å². The number of hydrogen-bond donors (Lipinski definition) is 0. The molecule has 0 fully saturated rings. The molecule has 3 aromatic heterocycles. The van der Waals surface area contributed by atoms with Crippen LogP contribution in [-0.4, -0.2) is 14.4 Å². The Labute approximate surface area is 187 Å². The Hall–Kier alpha value is -4.28. The average molecular weight is 436 g/mol. The van der Waals surface area contributed by atoms with Crippen LogP contribution in [-0.2, 0) is 0 Å². The number of fused-ring (bicyclic) bond motifs is 2. The molecule has 0 N–H and O–H groups in total. The molecule has 0 atom stereocenters. The van der Waals surface area contributed by atoms with Gasteiger partial charge in [-0.25, -0.2) is 4.98 Å². The zero-order valence-corrected chi connectivity index (χ0v) is 17.8. The van der Waals surface area contributed by atoms with E-state index in [-0.39, 0.29) is 22.6 Å². The molecule has 6 nitrogen and oxygen atoms in total. The summed E-state index contributed by atoms with van der Waals surface area (Å²) in [4.78, 5) is 22.6. The maximum Gasteiger partial charge on any atom is 0.269 e. The van der Waals surface area contributed by atoms with E-state index < -0.39 is 0 Å². The van der Waals surface area contributed by atoms with Crippen molar-refractivity contribution >= 4 is 38.8 Å². The van der Waals surface area contributed by atoms with Crippen LogP contribution in [0, 0.1) is 18.3 Å². The zero-order valence-electron chi connectivity index (χ0n) is 17.0. The van der Waals surface area contributed by atoms with Gasteiger partial charge >= 0.3 is 0 Å². The minimum Gasteiger partial charge on any atom is -0.438 e. The molecule has 0 unspecified atom stereocenters. The SMILES string of the molecule is Cc1cccn2c(=O)c(/C=C(\C#N)c3nc4ccccc4s3)c(Oc3ccccc3)nc12. The third-order valence-electron chi connectivity index (χ3n) is 4.94. The van der Waals surface area contributed by atoms with Crippen LogP contribution >= 0.6 is 11.3 Å². The van der Waals surface area contributed by atoms with Crippen molar-refractivity contribution in [2.45, 2.75) is 6.92 Å². The van der Waals surface area contributed by atoms with Crippen molar-refractivity contribution in [1.82, 2.24) is 14.4 Å². The van der Waals surface area contributed by atoms with Crippen molar-refractivity contribution in [2.75, 3.05) is 0 Å². The highest BCUT2D eigenvalue weighted by Crippen LogP contribution is 2.30. The van der Waals surface area contributed by atoms with Crippen molar-refractivity contribution in [1.29, 1.82) is 5.26 Å². The minimum absolute atomic E-state index is 0.143. The summed E-state index contributed by atoms with van der Waals surface area (Å²) in [7, 11) is 0. The predicted octanol–water partition coefficient (Wildman–Crippen LogP) is 5.47. The van der Waals surface area contributed by atoms with Gasteiger partial charge in [0.05, 0.1) is 15.8 Å². The number of benzene rings is 2.